The Morgan fingerprint density at radius 1 is 1.41 bits per heavy atom. The van der Waals surface area contributed by atoms with Gasteiger partial charge in [0.25, 0.3) is 0 Å². The first-order valence-electron chi connectivity index (χ1n) is 6.82. The molecule has 1 aliphatic rings. The lowest BCUT2D eigenvalue weighted by Crippen LogP contribution is -2.21. The maximum absolute atomic E-state index is 10.5. The van der Waals surface area contributed by atoms with Crippen LogP contribution in [-0.2, 0) is 13.5 Å². The molecule has 0 amide bonds. The number of hydrogen-bond acceptors (Lipinski definition) is 2. The Hall–Kier alpha value is -0.830. The average molecular weight is 236 g/mol. The number of rotatable bonds is 3. The Kier molecular flexibility index (Phi) is 3.87. The minimum absolute atomic E-state index is 0.333. The third kappa shape index (κ3) is 2.71. The van der Waals surface area contributed by atoms with Gasteiger partial charge in [0.05, 0.1) is 17.5 Å². The SMILES string of the molecule is CCc1cc(C(O)C2CCC(C)CC2)n(C)n1. The topological polar surface area (TPSA) is 38.0 Å². The maximum Gasteiger partial charge on any atom is 0.0984 e. The van der Waals surface area contributed by atoms with E-state index in [1.807, 2.05) is 11.7 Å². The van der Waals surface area contributed by atoms with Crippen LogP contribution in [0, 0.1) is 11.8 Å². The Morgan fingerprint density at radius 3 is 2.59 bits per heavy atom. The third-order valence-electron chi connectivity index (χ3n) is 4.14. The first-order chi connectivity index (χ1) is 8.11. The van der Waals surface area contributed by atoms with Crippen molar-refractivity contribution < 1.29 is 5.11 Å². The summed E-state index contributed by atoms with van der Waals surface area (Å²) >= 11 is 0. The Morgan fingerprint density at radius 2 is 2.06 bits per heavy atom. The van der Waals surface area contributed by atoms with Gasteiger partial charge in [0.1, 0.15) is 0 Å². The van der Waals surface area contributed by atoms with Crippen molar-refractivity contribution in [3.63, 3.8) is 0 Å². The highest BCUT2D eigenvalue weighted by Gasteiger charge is 2.27. The fraction of sp³-hybridized carbons (Fsp3) is 0.786. The Balaban J connectivity index is 2.08. The highest BCUT2D eigenvalue weighted by Crippen LogP contribution is 2.36. The van der Waals surface area contributed by atoms with Crippen molar-refractivity contribution in [2.45, 2.75) is 52.1 Å². The van der Waals surface area contributed by atoms with Gasteiger partial charge in [0.15, 0.2) is 0 Å². The largest absolute Gasteiger partial charge is 0.387 e. The molecule has 0 aromatic carbocycles. The fourth-order valence-corrected chi connectivity index (χ4v) is 2.84. The Bertz CT molecular complexity index is 364. The fourth-order valence-electron chi connectivity index (χ4n) is 2.84. The molecule has 1 unspecified atom stereocenters. The molecule has 0 saturated heterocycles. The van der Waals surface area contributed by atoms with Gasteiger partial charge in [-0.15, -0.1) is 0 Å². The minimum Gasteiger partial charge on any atom is -0.387 e. The summed E-state index contributed by atoms with van der Waals surface area (Å²) in [6.07, 6.45) is 5.40. The molecular formula is C14H24N2O. The van der Waals surface area contributed by atoms with Crippen molar-refractivity contribution in [2.24, 2.45) is 18.9 Å². The summed E-state index contributed by atoms with van der Waals surface area (Å²) in [5, 5.41) is 14.9. The lowest BCUT2D eigenvalue weighted by Gasteiger charge is -2.29. The molecule has 1 saturated carbocycles. The van der Waals surface area contributed by atoms with Crippen LogP contribution in [0.15, 0.2) is 6.07 Å². The predicted molar refractivity (Wildman–Crippen MR) is 68.7 cm³/mol. The molecule has 96 valence electrons. The molecule has 1 aromatic rings. The summed E-state index contributed by atoms with van der Waals surface area (Å²) in [6, 6.07) is 2.06. The molecule has 1 atom stereocenters. The minimum atomic E-state index is -0.333. The molecule has 17 heavy (non-hydrogen) atoms. The van der Waals surface area contributed by atoms with Gasteiger partial charge in [-0.1, -0.05) is 26.7 Å². The number of aliphatic hydroxyl groups excluding tert-OH is 1. The van der Waals surface area contributed by atoms with Crippen molar-refractivity contribution in [1.82, 2.24) is 9.78 Å². The quantitative estimate of drug-likeness (QED) is 0.876. The van der Waals surface area contributed by atoms with E-state index < -0.39 is 0 Å². The van der Waals surface area contributed by atoms with E-state index in [2.05, 4.69) is 25.0 Å². The van der Waals surface area contributed by atoms with Gasteiger partial charge < -0.3 is 5.11 Å². The molecule has 1 fully saturated rings. The van der Waals surface area contributed by atoms with E-state index in [9.17, 15) is 5.11 Å². The van der Waals surface area contributed by atoms with Crippen LogP contribution < -0.4 is 0 Å². The molecule has 0 bridgehead atoms. The first kappa shape index (κ1) is 12.6. The molecule has 0 spiro atoms. The predicted octanol–water partition coefficient (Wildman–Crippen LogP) is 2.84. The number of aryl methyl sites for hydroxylation is 2. The van der Waals surface area contributed by atoms with Crippen molar-refractivity contribution >= 4 is 0 Å². The molecular weight excluding hydrogens is 212 g/mol. The summed E-state index contributed by atoms with van der Waals surface area (Å²) < 4.78 is 1.85. The zero-order chi connectivity index (χ0) is 12.4. The molecule has 1 aliphatic carbocycles. The van der Waals surface area contributed by atoms with E-state index in [0.717, 1.165) is 36.6 Å². The molecule has 1 N–H and O–H groups in total. The highest BCUT2D eigenvalue weighted by atomic mass is 16.3. The van der Waals surface area contributed by atoms with E-state index in [1.165, 1.54) is 12.8 Å². The second kappa shape index (κ2) is 5.21. The summed E-state index contributed by atoms with van der Waals surface area (Å²) in [6.45, 7) is 4.41. The lowest BCUT2D eigenvalue weighted by molar-refractivity contribution is 0.0690. The molecule has 2 rings (SSSR count). The number of aromatic nitrogens is 2. The van der Waals surface area contributed by atoms with E-state index in [4.69, 9.17) is 0 Å². The molecule has 0 aliphatic heterocycles. The van der Waals surface area contributed by atoms with Crippen molar-refractivity contribution in [3.05, 3.63) is 17.5 Å². The van der Waals surface area contributed by atoms with Gasteiger partial charge in [0, 0.05) is 7.05 Å². The molecule has 1 heterocycles. The van der Waals surface area contributed by atoms with Crippen LogP contribution in [-0.4, -0.2) is 14.9 Å². The average Bonchev–Trinajstić information content (AvgIpc) is 2.71. The summed E-state index contributed by atoms with van der Waals surface area (Å²) in [7, 11) is 1.93. The van der Waals surface area contributed by atoms with Crippen LogP contribution in [0.4, 0.5) is 0 Å². The van der Waals surface area contributed by atoms with Gasteiger partial charge >= 0.3 is 0 Å². The van der Waals surface area contributed by atoms with E-state index >= 15 is 0 Å². The number of aliphatic hydroxyl groups is 1. The zero-order valence-corrected chi connectivity index (χ0v) is 11.2. The van der Waals surface area contributed by atoms with E-state index in [1.54, 1.807) is 0 Å². The maximum atomic E-state index is 10.5. The summed E-state index contributed by atoms with van der Waals surface area (Å²) in [5.41, 5.74) is 2.06. The molecule has 0 radical (unpaired) electrons. The van der Waals surface area contributed by atoms with Gasteiger partial charge in [-0.3, -0.25) is 4.68 Å². The van der Waals surface area contributed by atoms with E-state index in [-0.39, 0.29) is 6.10 Å². The van der Waals surface area contributed by atoms with Gasteiger partial charge in [0.2, 0.25) is 0 Å². The normalized spacial score (nSPS) is 27.1. The van der Waals surface area contributed by atoms with E-state index in [0.29, 0.717) is 5.92 Å². The standard InChI is InChI=1S/C14H24N2O/c1-4-12-9-13(16(3)15-12)14(17)11-7-5-10(2)6-8-11/h9-11,14,17H,4-8H2,1-3H3. The highest BCUT2D eigenvalue weighted by molar-refractivity contribution is 5.13. The molecule has 3 heteroatoms. The monoisotopic (exact) mass is 236 g/mol. The van der Waals surface area contributed by atoms with Crippen LogP contribution in [0.1, 0.15) is 57.0 Å². The van der Waals surface area contributed by atoms with Crippen molar-refractivity contribution in [2.75, 3.05) is 0 Å². The second-order valence-electron chi connectivity index (χ2n) is 5.50. The Labute approximate surface area is 104 Å². The number of hydrogen-bond donors (Lipinski definition) is 1. The van der Waals surface area contributed by atoms with Crippen LogP contribution in [0.3, 0.4) is 0 Å². The van der Waals surface area contributed by atoms with Crippen molar-refractivity contribution in [3.8, 4) is 0 Å². The van der Waals surface area contributed by atoms with Gasteiger partial charge in [-0.05, 0) is 37.2 Å². The van der Waals surface area contributed by atoms with Crippen LogP contribution >= 0.6 is 0 Å². The second-order valence-corrected chi connectivity index (χ2v) is 5.50. The lowest BCUT2D eigenvalue weighted by atomic mass is 9.79. The summed E-state index contributed by atoms with van der Waals surface area (Å²) in [5.74, 6) is 1.25. The van der Waals surface area contributed by atoms with Gasteiger partial charge in [-0.2, -0.15) is 5.10 Å². The number of nitrogens with zero attached hydrogens (tertiary/aromatic N) is 2. The van der Waals surface area contributed by atoms with Crippen LogP contribution in [0.5, 0.6) is 0 Å². The van der Waals surface area contributed by atoms with Gasteiger partial charge in [-0.25, -0.2) is 0 Å². The smallest absolute Gasteiger partial charge is 0.0984 e. The third-order valence-corrected chi connectivity index (χ3v) is 4.14. The van der Waals surface area contributed by atoms with Crippen molar-refractivity contribution in [1.29, 1.82) is 0 Å². The van der Waals surface area contributed by atoms with Crippen LogP contribution in [0.2, 0.25) is 0 Å². The van der Waals surface area contributed by atoms with Crippen LogP contribution in [0.25, 0.3) is 0 Å². The molecule has 1 aromatic heterocycles. The zero-order valence-electron chi connectivity index (χ0n) is 11.2. The first-order valence-corrected chi connectivity index (χ1v) is 6.82. The summed E-state index contributed by atoms with van der Waals surface area (Å²) in [4.78, 5) is 0. The molecule has 3 nitrogen and oxygen atoms in total.